The van der Waals surface area contributed by atoms with E-state index in [1.54, 1.807) is 11.3 Å². The summed E-state index contributed by atoms with van der Waals surface area (Å²) in [5.41, 5.74) is 1.02. The zero-order chi connectivity index (χ0) is 14.1. The minimum absolute atomic E-state index is 0.621. The number of anilines is 1. The van der Waals surface area contributed by atoms with E-state index in [4.69, 9.17) is 0 Å². The van der Waals surface area contributed by atoms with E-state index in [0.717, 1.165) is 53.3 Å². The van der Waals surface area contributed by atoms with E-state index in [2.05, 4.69) is 30.4 Å². The second kappa shape index (κ2) is 5.49. The molecule has 2 aromatic rings. The van der Waals surface area contributed by atoms with Crippen molar-refractivity contribution in [3.8, 4) is 10.7 Å². The van der Waals surface area contributed by atoms with E-state index in [1.165, 1.54) is 0 Å². The number of hydrogen-bond acceptors (Lipinski definition) is 6. The molecule has 7 heteroatoms. The summed E-state index contributed by atoms with van der Waals surface area (Å²) in [4.78, 5) is 12.4. The molecule has 1 saturated heterocycles. The second-order valence-corrected chi connectivity index (χ2v) is 6.38. The molecule has 3 rings (SSSR count). The summed E-state index contributed by atoms with van der Waals surface area (Å²) >= 11 is 1.66. The van der Waals surface area contributed by atoms with Crippen molar-refractivity contribution in [1.29, 1.82) is 0 Å². The summed E-state index contributed by atoms with van der Waals surface area (Å²) in [5.74, 6) is 1.64. The first-order valence-corrected chi connectivity index (χ1v) is 7.78. The van der Waals surface area contributed by atoms with Gasteiger partial charge in [0.05, 0.1) is 15.6 Å². The number of thiazole rings is 1. The molecule has 0 spiro atoms. The molecule has 3 heterocycles. The minimum Gasteiger partial charge on any atom is -0.339 e. The van der Waals surface area contributed by atoms with Crippen LogP contribution in [-0.2, 0) is 0 Å². The van der Waals surface area contributed by atoms with Crippen LogP contribution in [0.3, 0.4) is 0 Å². The van der Waals surface area contributed by atoms with Crippen LogP contribution in [0.25, 0.3) is 10.7 Å². The zero-order valence-corrected chi connectivity index (χ0v) is 12.9. The largest absolute Gasteiger partial charge is 0.339 e. The molecular formula is C13H20N6S. The molecule has 20 heavy (non-hydrogen) atoms. The van der Waals surface area contributed by atoms with Gasteiger partial charge >= 0.3 is 0 Å². The van der Waals surface area contributed by atoms with Gasteiger partial charge in [-0.2, -0.15) is 4.98 Å². The predicted octanol–water partition coefficient (Wildman–Crippen LogP) is 1.73. The molecule has 1 fully saturated rings. The number of aryl methyl sites for hydroxylation is 2. The Morgan fingerprint density at radius 2 is 2.00 bits per heavy atom. The summed E-state index contributed by atoms with van der Waals surface area (Å²) in [6.07, 6.45) is 2.28. The number of nitrogens with zero attached hydrogens (tertiary/aromatic N) is 4. The van der Waals surface area contributed by atoms with E-state index in [9.17, 15) is 0 Å². The predicted molar refractivity (Wildman–Crippen MR) is 81.3 cm³/mol. The van der Waals surface area contributed by atoms with Gasteiger partial charge in [0.1, 0.15) is 0 Å². The normalized spacial score (nSPS) is 16.9. The van der Waals surface area contributed by atoms with Crippen LogP contribution in [0.4, 0.5) is 5.95 Å². The molecule has 2 aromatic heterocycles. The molecule has 0 aromatic carbocycles. The molecule has 108 valence electrons. The van der Waals surface area contributed by atoms with Gasteiger partial charge in [-0.05, 0) is 33.7 Å². The molecule has 1 aliphatic rings. The number of aromatic nitrogens is 4. The first-order chi connectivity index (χ1) is 9.67. The van der Waals surface area contributed by atoms with Gasteiger partial charge in [-0.1, -0.05) is 0 Å². The van der Waals surface area contributed by atoms with Crippen LogP contribution in [0.15, 0.2) is 0 Å². The van der Waals surface area contributed by atoms with Gasteiger partial charge in [-0.15, -0.1) is 16.4 Å². The van der Waals surface area contributed by atoms with Gasteiger partial charge in [0.2, 0.25) is 5.95 Å². The van der Waals surface area contributed by atoms with Crippen molar-refractivity contribution in [1.82, 2.24) is 25.5 Å². The lowest BCUT2D eigenvalue weighted by molar-refractivity contribution is 0.439. The Kier molecular flexibility index (Phi) is 3.71. The molecular weight excluding hydrogens is 272 g/mol. The van der Waals surface area contributed by atoms with E-state index < -0.39 is 0 Å². The van der Waals surface area contributed by atoms with Crippen molar-refractivity contribution in [2.75, 3.05) is 25.0 Å². The molecule has 0 bridgehead atoms. The molecule has 2 N–H and O–H groups in total. The van der Waals surface area contributed by atoms with E-state index in [-0.39, 0.29) is 0 Å². The fourth-order valence-corrected chi connectivity index (χ4v) is 3.47. The Hall–Kier alpha value is -1.47. The fraction of sp³-hybridized carbons (Fsp3) is 0.615. The SMILES string of the molecule is CNC1CCN(c2n[nH]c(-c3sc(C)nc3C)n2)CC1. The molecule has 0 unspecified atom stereocenters. The maximum Gasteiger partial charge on any atom is 0.245 e. The van der Waals surface area contributed by atoms with Gasteiger partial charge < -0.3 is 10.2 Å². The molecule has 0 aliphatic carbocycles. The lowest BCUT2D eigenvalue weighted by atomic mass is 10.1. The number of H-pyrrole nitrogens is 1. The van der Waals surface area contributed by atoms with Crippen molar-refractivity contribution in [3.63, 3.8) is 0 Å². The third-order valence-electron chi connectivity index (χ3n) is 3.78. The number of hydrogen-bond donors (Lipinski definition) is 2. The maximum atomic E-state index is 4.64. The zero-order valence-electron chi connectivity index (χ0n) is 12.1. The average Bonchev–Trinajstić information content (AvgIpc) is 3.05. The number of nitrogens with one attached hydrogen (secondary N) is 2. The van der Waals surface area contributed by atoms with Gasteiger partial charge in [0.15, 0.2) is 5.82 Å². The van der Waals surface area contributed by atoms with Crippen LogP contribution in [0.2, 0.25) is 0 Å². The lowest BCUT2D eigenvalue weighted by Crippen LogP contribution is -2.41. The van der Waals surface area contributed by atoms with E-state index in [1.807, 2.05) is 20.9 Å². The van der Waals surface area contributed by atoms with Crippen molar-refractivity contribution >= 4 is 17.3 Å². The Morgan fingerprint density at radius 1 is 1.25 bits per heavy atom. The Morgan fingerprint density at radius 3 is 2.60 bits per heavy atom. The monoisotopic (exact) mass is 292 g/mol. The summed E-state index contributed by atoms with van der Waals surface area (Å²) in [5, 5.41) is 11.8. The van der Waals surface area contributed by atoms with Gasteiger partial charge in [-0.25, -0.2) is 4.98 Å². The standard InChI is InChI=1S/C13H20N6S/c1-8-11(20-9(2)15-8)12-16-13(18-17-12)19-6-4-10(14-3)5-7-19/h10,14H,4-7H2,1-3H3,(H,16,17,18). The van der Waals surface area contributed by atoms with Crippen LogP contribution in [0.1, 0.15) is 23.5 Å². The van der Waals surface area contributed by atoms with Crippen molar-refractivity contribution in [2.45, 2.75) is 32.7 Å². The Bertz CT molecular complexity index is 581. The third kappa shape index (κ3) is 2.55. The Labute approximate surface area is 122 Å². The van der Waals surface area contributed by atoms with Crippen LogP contribution in [-0.4, -0.2) is 46.3 Å². The highest BCUT2D eigenvalue weighted by atomic mass is 32.1. The van der Waals surface area contributed by atoms with Gasteiger partial charge in [0, 0.05) is 19.1 Å². The van der Waals surface area contributed by atoms with Crippen LogP contribution >= 0.6 is 11.3 Å². The molecule has 0 atom stereocenters. The van der Waals surface area contributed by atoms with Crippen LogP contribution < -0.4 is 10.2 Å². The fourth-order valence-electron chi connectivity index (χ4n) is 2.62. The van der Waals surface area contributed by atoms with Crippen molar-refractivity contribution < 1.29 is 0 Å². The first kappa shape index (κ1) is 13.5. The third-order valence-corrected chi connectivity index (χ3v) is 4.86. The highest BCUT2D eigenvalue weighted by Gasteiger charge is 2.21. The van der Waals surface area contributed by atoms with Gasteiger partial charge in [0.25, 0.3) is 0 Å². The lowest BCUT2D eigenvalue weighted by Gasteiger charge is -2.30. The highest BCUT2D eigenvalue weighted by molar-refractivity contribution is 7.15. The van der Waals surface area contributed by atoms with Crippen molar-refractivity contribution in [2.24, 2.45) is 0 Å². The van der Waals surface area contributed by atoms with E-state index in [0.29, 0.717) is 6.04 Å². The smallest absolute Gasteiger partial charge is 0.245 e. The molecule has 1 aliphatic heterocycles. The minimum atomic E-state index is 0.621. The summed E-state index contributed by atoms with van der Waals surface area (Å²) in [6, 6.07) is 0.621. The molecule has 0 amide bonds. The first-order valence-electron chi connectivity index (χ1n) is 6.96. The molecule has 0 saturated carbocycles. The maximum absolute atomic E-state index is 4.64. The number of rotatable bonds is 3. The summed E-state index contributed by atoms with van der Waals surface area (Å²) < 4.78 is 0. The highest BCUT2D eigenvalue weighted by Crippen LogP contribution is 2.28. The quantitative estimate of drug-likeness (QED) is 0.901. The molecule has 0 radical (unpaired) electrons. The number of aromatic amines is 1. The number of piperidine rings is 1. The average molecular weight is 292 g/mol. The summed E-state index contributed by atoms with van der Waals surface area (Å²) in [6.45, 7) is 6.04. The second-order valence-electron chi connectivity index (χ2n) is 5.18. The van der Waals surface area contributed by atoms with Crippen LogP contribution in [0.5, 0.6) is 0 Å². The topological polar surface area (TPSA) is 69.7 Å². The Balaban J connectivity index is 1.76. The van der Waals surface area contributed by atoms with Crippen molar-refractivity contribution in [3.05, 3.63) is 10.7 Å². The van der Waals surface area contributed by atoms with Crippen LogP contribution in [0, 0.1) is 13.8 Å². The van der Waals surface area contributed by atoms with Gasteiger partial charge in [-0.3, -0.25) is 5.10 Å². The molecule has 6 nitrogen and oxygen atoms in total. The summed E-state index contributed by atoms with van der Waals surface area (Å²) in [7, 11) is 2.03. The van der Waals surface area contributed by atoms with E-state index >= 15 is 0 Å².